The molecule has 0 aliphatic carbocycles. The number of aromatic hydroxyl groups is 3. The van der Waals surface area contributed by atoms with Gasteiger partial charge in [0.2, 0.25) is 11.2 Å². The molecule has 1 aliphatic rings. The largest absolute Gasteiger partial charge is 0.872 e. The normalized spacial score (nSPS) is 11.6. The van der Waals surface area contributed by atoms with E-state index in [4.69, 9.17) is 37.4 Å². The number of para-hydroxylation sites is 1. The zero-order valence-electron chi connectivity index (χ0n) is 47.6. The molecule has 3 heterocycles. The van der Waals surface area contributed by atoms with Crippen LogP contribution in [0.2, 0.25) is 10.0 Å². The highest BCUT2D eigenvalue weighted by atomic mass is 35.5. The number of methoxy groups -OCH3 is 1. The second-order valence-corrected chi connectivity index (χ2v) is 21.2. The number of rotatable bonds is 9. The summed E-state index contributed by atoms with van der Waals surface area (Å²) in [4.78, 5) is 50.1. The number of aryl methyl sites for hydroxylation is 2. The van der Waals surface area contributed by atoms with Gasteiger partial charge in [0.1, 0.15) is 40.3 Å². The summed E-state index contributed by atoms with van der Waals surface area (Å²) in [6, 6.07) is 40.3. The molecule has 432 valence electrons. The molecule has 5 N–H and O–H groups in total. The Hall–Kier alpha value is -10.0. The molecule has 0 radical (unpaired) electrons. The highest BCUT2D eigenvalue weighted by Crippen LogP contribution is 2.53. The smallest absolute Gasteiger partial charge is 0.347 e. The van der Waals surface area contributed by atoms with Gasteiger partial charge in [0.05, 0.1) is 17.7 Å². The van der Waals surface area contributed by atoms with Gasteiger partial charge in [-0.2, -0.15) is 4.57 Å². The summed E-state index contributed by atoms with van der Waals surface area (Å²) in [6.07, 6.45) is 4.32. The van der Waals surface area contributed by atoms with Gasteiger partial charge in [0, 0.05) is 83.6 Å². The summed E-state index contributed by atoms with van der Waals surface area (Å²) in [5, 5.41) is 66.2. The van der Waals surface area contributed by atoms with Gasteiger partial charge >= 0.3 is 23.9 Å². The lowest BCUT2D eigenvalue weighted by atomic mass is 9.90. The van der Waals surface area contributed by atoms with Crippen LogP contribution < -0.4 is 24.0 Å². The highest BCUT2D eigenvalue weighted by molar-refractivity contribution is 6.39. The summed E-state index contributed by atoms with van der Waals surface area (Å²) in [5.74, 6) is -6.45. The Morgan fingerprint density at radius 2 is 1.26 bits per heavy atom. The van der Waals surface area contributed by atoms with E-state index in [0.29, 0.717) is 21.5 Å². The SMILES string of the molecule is COC(=O)c1c(C)c2c(c(C)c1O)OC(=O)c1c(C)c(Cl)c(O)c(Cl)c1O2.Cc1cc(C=Cc2ccc3cc(N(C)C)ccc3[n+]2C)c(C)n1-c1ccccc1.O=C(O)c1cc2ccccc2c(Cc2c(O)c(C(=O)O)cc3ccccc23)c1[O-]. The number of fused-ring (bicyclic) bond motifs is 5. The van der Waals surface area contributed by atoms with Gasteiger partial charge in [-0.05, 0) is 127 Å². The minimum Gasteiger partial charge on any atom is -0.872 e. The number of hydrogen-bond acceptors (Lipinski definition) is 12. The highest BCUT2D eigenvalue weighted by Gasteiger charge is 2.36. The van der Waals surface area contributed by atoms with Crippen LogP contribution in [0, 0.1) is 34.6 Å². The average Bonchev–Trinajstić information content (AvgIpc) is 1.93. The summed E-state index contributed by atoms with van der Waals surface area (Å²) in [7, 11) is 7.44. The van der Waals surface area contributed by atoms with Crippen LogP contribution in [0.25, 0.3) is 50.3 Å². The molecule has 85 heavy (non-hydrogen) atoms. The number of aromatic nitrogens is 2. The minimum absolute atomic E-state index is 0.0131. The number of carboxylic acids is 2. The Balaban J connectivity index is 0.000000153. The molecule has 0 saturated heterocycles. The number of phenols is 3. The van der Waals surface area contributed by atoms with Crippen LogP contribution in [-0.4, -0.2) is 75.2 Å². The predicted molar refractivity (Wildman–Crippen MR) is 326 cm³/mol. The topological polar surface area (TPSA) is 232 Å². The maximum absolute atomic E-state index is 12.9. The van der Waals surface area contributed by atoms with Crippen LogP contribution in [0.1, 0.15) is 91.9 Å². The van der Waals surface area contributed by atoms with Crippen LogP contribution in [0.5, 0.6) is 40.2 Å². The van der Waals surface area contributed by atoms with Crippen molar-refractivity contribution in [1.29, 1.82) is 0 Å². The maximum atomic E-state index is 12.9. The molecule has 0 bridgehead atoms. The number of nitrogens with zero attached hydrogens (tertiary/aromatic N) is 3. The standard InChI is InChI=1S/C26H28N3.C23H16O6.C18H14Cl2O7/c1-19-17-21(20(2)29(19)24-9-7-6-8-10-24)11-13-23-14-12-22-18-25(27(3)4)15-16-26(22)28(23)5;24-20-16(14-7-3-1-5-12(14)9-18(20)22(26)27)11-17-15-8-4-2-6-13(15)10-19(21(17)25)23(28)29;1-5-9-16(11(20)13(22)10(5)19)26-14-6(2)8(17(23)25-4)12(21)7(3)15(14)27-18(9)24/h6-18H,1-5H3;1-10,24-25H,11H2,(H,26,27)(H,28,29);21-22H,1-4H3/q+1;;/p-1. The summed E-state index contributed by atoms with van der Waals surface area (Å²) >= 11 is 12.2. The Kier molecular flexibility index (Phi) is 16.9. The molecule has 11 rings (SSSR count). The predicted octanol–water partition coefficient (Wildman–Crippen LogP) is 13.5. The lowest BCUT2D eigenvalue weighted by Crippen LogP contribution is -2.32. The third kappa shape index (κ3) is 11.2. The van der Waals surface area contributed by atoms with Gasteiger partial charge in [0.15, 0.2) is 23.0 Å². The van der Waals surface area contributed by atoms with E-state index in [9.17, 15) is 49.8 Å². The van der Waals surface area contributed by atoms with Crippen molar-refractivity contribution in [3.63, 3.8) is 0 Å². The first-order valence-corrected chi connectivity index (χ1v) is 27.2. The van der Waals surface area contributed by atoms with Gasteiger partial charge in [-0.3, -0.25) is 0 Å². The molecular weight excluding hydrogens is 1130 g/mol. The number of pyridine rings is 1. The molecule has 0 spiro atoms. The Labute approximate surface area is 498 Å². The molecule has 10 aromatic rings. The second-order valence-electron chi connectivity index (χ2n) is 20.4. The third-order valence-corrected chi connectivity index (χ3v) is 15.9. The summed E-state index contributed by atoms with van der Waals surface area (Å²) in [6.45, 7) is 8.78. The van der Waals surface area contributed by atoms with E-state index in [2.05, 4.69) is 128 Å². The van der Waals surface area contributed by atoms with E-state index in [1.54, 1.807) is 48.5 Å². The fourth-order valence-electron chi connectivity index (χ4n) is 10.5. The number of esters is 2. The van der Waals surface area contributed by atoms with Crippen LogP contribution in [0.4, 0.5) is 5.69 Å². The van der Waals surface area contributed by atoms with Crippen molar-refractivity contribution in [3.05, 3.63) is 210 Å². The molecular formula is C67H57Cl2N3O13. The molecule has 0 amide bonds. The molecule has 0 fully saturated rings. The lowest BCUT2D eigenvalue weighted by molar-refractivity contribution is -0.646. The Bertz CT molecular complexity index is 4340. The van der Waals surface area contributed by atoms with E-state index >= 15 is 0 Å². The van der Waals surface area contributed by atoms with Gasteiger partial charge in [-0.25, -0.2) is 19.2 Å². The fourth-order valence-corrected chi connectivity index (χ4v) is 11.0. The van der Waals surface area contributed by atoms with Crippen molar-refractivity contribution >= 4 is 97.4 Å². The summed E-state index contributed by atoms with van der Waals surface area (Å²) in [5.41, 5.74) is 8.66. The van der Waals surface area contributed by atoms with E-state index < -0.39 is 46.9 Å². The number of halogens is 2. The van der Waals surface area contributed by atoms with Crippen molar-refractivity contribution in [3.8, 4) is 45.9 Å². The first-order valence-electron chi connectivity index (χ1n) is 26.4. The fraction of sp³-hybridized carbons (Fsp3) is 0.149. The van der Waals surface area contributed by atoms with Crippen molar-refractivity contribution in [2.75, 3.05) is 26.1 Å². The van der Waals surface area contributed by atoms with Crippen molar-refractivity contribution in [1.82, 2.24) is 4.57 Å². The molecule has 0 unspecified atom stereocenters. The van der Waals surface area contributed by atoms with E-state index in [-0.39, 0.29) is 83.8 Å². The van der Waals surface area contributed by atoms with E-state index in [1.165, 1.54) is 84.9 Å². The first-order chi connectivity index (χ1) is 40.4. The number of hydrogen-bond donors (Lipinski definition) is 5. The Morgan fingerprint density at radius 3 is 1.88 bits per heavy atom. The number of phenolic OH excluding ortho intramolecular Hbond substituents is 2. The van der Waals surface area contributed by atoms with Crippen molar-refractivity contribution in [2.24, 2.45) is 7.05 Å². The number of carboxylic acid groups (broad SMARTS) is 2. The quantitative estimate of drug-likeness (QED) is 0.0514. The molecule has 1 aliphatic heterocycles. The molecule has 0 atom stereocenters. The van der Waals surface area contributed by atoms with Gasteiger partial charge in [-0.1, -0.05) is 95.7 Å². The van der Waals surface area contributed by atoms with Gasteiger partial charge in [-0.15, -0.1) is 0 Å². The number of benzene rings is 8. The van der Waals surface area contributed by atoms with Crippen LogP contribution in [-0.2, 0) is 18.2 Å². The number of carbonyl (C=O) groups is 4. The zero-order chi connectivity index (χ0) is 61.5. The number of carbonyl (C=O) groups excluding carboxylic acids is 2. The van der Waals surface area contributed by atoms with E-state index in [1.807, 2.05) is 0 Å². The summed E-state index contributed by atoms with van der Waals surface area (Å²) < 4.78 is 20.5. The second kappa shape index (κ2) is 24.1. The van der Waals surface area contributed by atoms with Crippen LogP contribution in [0.15, 0.2) is 127 Å². The third-order valence-electron chi connectivity index (χ3n) is 15.1. The van der Waals surface area contributed by atoms with Crippen LogP contribution >= 0.6 is 23.2 Å². The first kappa shape index (κ1) is 59.6. The minimum atomic E-state index is -1.34. The maximum Gasteiger partial charge on any atom is 0.347 e. The molecule has 16 nitrogen and oxygen atoms in total. The van der Waals surface area contributed by atoms with Crippen molar-refractivity contribution < 1.29 is 68.6 Å². The Morgan fingerprint density at radius 1 is 0.659 bits per heavy atom. The zero-order valence-corrected chi connectivity index (χ0v) is 49.1. The monoisotopic (exact) mass is 1180 g/mol. The van der Waals surface area contributed by atoms with Crippen molar-refractivity contribution in [2.45, 2.75) is 41.0 Å². The van der Waals surface area contributed by atoms with E-state index in [0.717, 1.165) is 0 Å². The number of aromatic carboxylic acids is 2. The van der Waals surface area contributed by atoms with Gasteiger partial charge < -0.3 is 54.3 Å². The molecule has 2 aromatic heterocycles. The van der Waals surface area contributed by atoms with Gasteiger partial charge in [0.25, 0.3) is 0 Å². The lowest BCUT2D eigenvalue weighted by Gasteiger charge is -2.21. The average molecular weight is 1180 g/mol. The number of ether oxygens (including phenoxy) is 3. The van der Waals surface area contributed by atoms with Crippen LogP contribution in [0.3, 0.4) is 0 Å². The number of anilines is 1. The molecule has 0 saturated carbocycles. The molecule has 18 heteroatoms. The molecule has 8 aromatic carbocycles.